The Hall–Kier alpha value is -0.950. The number of thiol groups is 1. The van der Waals surface area contributed by atoms with Crippen molar-refractivity contribution in [3.63, 3.8) is 0 Å². The quantitative estimate of drug-likeness (QED) is 0.461. The summed E-state index contributed by atoms with van der Waals surface area (Å²) in [5, 5.41) is 12.2. The molecule has 96 valence electrons. The average Bonchev–Trinajstić information content (AvgIpc) is 2.61. The van der Waals surface area contributed by atoms with Crippen LogP contribution >= 0.6 is 12.6 Å². The summed E-state index contributed by atoms with van der Waals surface area (Å²) in [4.78, 5) is 34.3. The molecule has 0 spiro atoms. The molecule has 0 aromatic carbocycles. The highest BCUT2D eigenvalue weighted by atomic mass is 32.1. The molecular weight excluding hydrogens is 244 g/mol. The van der Waals surface area contributed by atoms with E-state index in [4.69, 9.17) is 0 Å². The van der Waals surface area contributed by atoms with Crippen LogP contribution in [0.1, 0.15) is 26.7 Å². The maximum absolute atomic E-state index is 12.0. The van der Waals surface area contributed by atoms with E-state index in [1.807, 2.05) is 0 Å². The van der Waals surface area contributed by atoms with Crippen molar-refractivity contribution in [1.29, 1.82) is 0 Å². The number of carboxylic acid groups (broad SMARTS) is 1. The largest absolute Gasteiger partial charge is 0.523 e. The Morgan fingerprint density at radius 1 is 1.53 bits per heavy atom. The highest BCUT2D eigenvalue weighted by Crippen LogP contribution is 2.40. The van der Waals surface area contributed by atoms with Gasteiger partial charge in [-0.1, -0.05) is 6.92 Å². The Morgan fingerprint density at radius 3 is 2.47 bits per heavy atom. The lowest BCUT2D eigenvalue weighted by atomic mass is 10.0. The van der Waals surface area contributed by atoms with Crippen LogP contribution in [-0.2, 0) is 4.79 Å². The smallest absolute Gasteiger partial charge is 0.435 e. The number of hydrogen-bond donors (Lipinski definition) is 2. The number of rotatable bonds is 3. The van der Waals surface area contributed by atoms with Crippen LogP contribution in [0.25, 0.3) is 0 Å². The third-order valence-electron chi connectivity index (χ3n) is 3.70. The number of carbonyl (C=O) groups is 2. The van der Waals surface area contributed by atoms with Crippen LogP contribution in [0.4, 0.5) is 4.79 Å². The van der Waals surface area contributed by atoms with Crippen LogP contribution in [0.15, 0.2) is 5.18 Å². The molecule has 0 aromatic rings. The first-order chi connectivity index (χ1) is 7.96. The van der Waals surface area contributed by atoms with Crippen LogP contribution in [0.5, 0.6) is 0 Å². The maximum Gasteiger partial charge on any atom is 0.523 e. The SMILES string of the molecule is CCC(=O)[N@@+]1(C(=O)O)C(N=O)CC(CS)C1C. The van der Waals surface area contributed by atoms with Crippen molar-refractivity contribution in [3.8, 4) is 0 Å². The van der Waals surface area contributed by atoms with Gasteiger partial charge < -0.3 is 5.11 Å². The predicted molar refractivity (Wildman–Crippen MR) is 64.6 cm³/mol. The van der Waals surface area contributed by atoms with E-state index in [9.17, 15) is 19.6 Å². The monoisotopic (exact) mass is 261 g/mol. The van der Waals surface area contributed by atoms with Gasteiger partial charge >= 0.3 is 12.0 Å². The minimum absolute atomic E-state index is 0.0714. The summed E-state index contributed by atoms with van der Waals surface area (Å²) in [5.41, 5.74) is 0. The summed E-state index contributed by atoms with van der Waals surface area (Å²) < 4.78 is -0.870. The second kappa shape index (κ2) is 5.14. The topological polar surface area (TPSA) is 83.8 Å². The molecular formula is C10H17N2O4S+. The van der Waals surface area contributed by atoms with Crippen molar-refractivity contribution < 1.29 is 19.2 Å². The summed E-state index contributed by atoms with van der Waals surface area (Å²) in [5.74, 6) is -0.121. The first-order valence-electron chi connectivity index (χ1n) is 5.55. The summed E-state index contributed by atoms with van der Waals surface area (Å²) >= 11 is 4.14. The summed E-state index contributed by atoms with van der Waals surface area (Å²) in [6, 6.07) is -0.472. The van der Waals surface area contributed by atoms with Crippen molar-refractivity contribution >= 4 is 24.6 Å². The van der Waals surface area contributed by atoms with Crippen molar-refractivity contribution in [1.82, 2.24) is 0 Å². The van der Waals surface area contributed by atoms with Gasteiger partial charge in [0.15, 0.2) is 0 Å². The number of amides is 2. The van der Waals surface area contributed by atoms with Gasteiger partial charge in [-0.2, -0.15) is 17.4 Å². The number of likely N-dealkylation sites (tertiary alicyclic amines) is 1. The number of hydrogen-bond acceptors (Lipinski definition) is 5. The molecule has 0 radical (unpaired) electrons. The van der Waals surface area contributed by atoms with E-state index in [1.165, 1.54) is 0 Å². The lowest BCUT2D eigenvalue weighted by Crippen LogP contribution is -2.62. The molecule has 7 heteroatoms. The fourth-order valence-electron chi connectivity index (χ4n) is 2.65. The molecule has 1 rings (SSSR count). The van der Waals surface area contributed by atoms with Crippen LogP contribution in [0, 0.1) is 10.8 Å². The van der Waals surface area contributed by atoms with Crippen molar-refractivity contribution in [2.24, 2.45) is 11.1 Å². The normalized spacial score (nSPS) is 36.8. The minimum Gasteiger partial charge on any atom is -0.435 e. The zero-order valence-corrected chi connectivity index (χ0v) is 10.8. The lowest BCUT2D eigenvalue weighted by Gasteiger charge is -2.32. The zero-order chi connectivity index (χ0) is 13.2. The predicted octanol–water partition coefficient (Wildman–Crippen LogP) is 1.85. The van der Waals surface area contributed by atoms with Crippen molar-refractivity contribution in [2.75, 3.05) is 5.75 Å². The molecule has 0 aliphatic carbocycles. The lowest BCUT2D eigenvalue weighted by molar-refractivity contribution is -0.818. The third kappa shape index (κ3) is 1.87. The molecule has 0 aromatic heterocycles. The Morgan fingerprint density at radius 2 is 2.12 bits per heavy atom. The molecule has 17 heavy (non-hydrogen) atoms. The van der Waals surface area contributed by atoms with E-state index < -0.39 is 28.7 Å². The summed E-state index contributed by atoms with van der Waals surface area (Å²) in [6.45, 7) is 3.27. The molecule has 1 saturated heterocycles. The fourth-order valence-corrected chi connectivity index (χ4v) is 3.10. The highest BCUT2D eigenvalue weighted by Gasteiger charge is 2.63. The standard InChI is InChI=1S/C10H16N2O4S/c1-3-9(13)12(10(14)15)6(2)7(5-17)4-8(12)11-16/h6-8H,3-5H2,1-2H3,(H-,14,15,17)/p+1/t6?,7?,8?,12-/m0/s1. The number of carbonyl (C=O) groups excluding carboxylic acids is 1. The van der Waals surface area contributed by atoms with Crippen LogP contribution in [-0.4, -0.2) is 39.6 Å². The molecule has 3 unspecified atom stereocenters. The van der Waals surface area contributed by atoms with E-state index in [2.05, 4.69) is 17.8 Å². The van der Waals surface area contributed by atoms with Gasteiger partial charge in [-0.25, -0.2) is 4.79 Å². The number of nitroso groups, excluding NO2 is 1. The number of imide groups is 1. The summed E-state index contributed by atoms with van der Waals surface area (Å²) in [6.07, 6.45) is -1.96. The molecule has 0 saturated carbocycles. The molecule has 1 N–H and O–H groups in total. The Kier molecular flexibility index (Phi) is 4.26. The molecule has 1 aliphatic heterocycles. The molecule has 0 bridgehead atoms. The molecule has 2 amide bonds. The van der Waals surface area contributed by atoms with Crippen LogP contribution in [0.3, 0.4) is 0 Å². The fraction of sp³-hybridized carbons (Fsp3) is 0.800. The van der Waals surface area contributed by atoms with E-state index in [-0.39, 0.29) is 12.3 Å². The molecule has 6 nitrogen and oxygen atoms in total. The second-order valence-corrected chi connectivity index (χ2v) is 4.68. The van der Waals surface area contributed by atoms with Gasteiger partial charge in [0.25, 0.3) is 0 Å². The first kappa shape index (κ1) is 14.1. The van der Waals surface area contributed by atoms with Crippen LogP contribution in [0.2, 0.25) is 0 Å². The van der Waals surface area contributed by atoms with E-state index >= 15 is 0 Å². The van der Waals surface area contributed by atoms with Gasteiger partial charge in [0.05, 0.1) is 6.42 Å². The minimum atomic E-state index is -1.29. The third-order valence-corrected chi connectivity index (χ3v) is 4.17. The maximum atomic E-state index is 12.0. The van der Waals surface area contributed by atoms with E-state index in [0.717, 1.165) is 0 Å². The molecule has 4 atom stereocenters. The number of quaternary nitrogens is 1. The zero-order valence-electron chi connectivity index (χ0n) is 9.87. The Labute approximate surface area is 105 Å². The number of nitrogens with zero attached hydrogens (tertiary/aromatic N) is 2. The Balaban J connectivity index is 3.30. The van der Waals surface area contributed by atoms with E-state index in [1.54, 1.807) is 13.8 Å². The van der Waals surface area contributed by atoms with E-state index in [0.29, 0.717) is 12.2 Å². The second-order valence-electron chi connectivity index (χ2n) is 4.31. The van der Waals surface area contributed by atoms with Gasteiger partial charge in [-0.15, -0.1) is 9.39 Å². The van der Waals surface area contributed by atoms with Gasteiger partial charge in [-0.3, -0.25) is 0 Å². The van der Waals surface area contributed by atoms with Crippen molar-refractivity contribution in [2.45, 2.75) is 38.9 Å². The van der Waals surface area contributed by atoms with Gasteiger partial charge in [0.1, 0.15) is 6.04 Å². The highest BCUT2D eigenvalue weighted by molar-refractivity contribution is 7.80. The average molecular weight is 261 g/mol. The van der Waals surface area contributed by atoms with Gasteiger partial charge in [0.2, 0.25) is 6.17 Å². The van der Waals surface area contributed by atoms with Crippen molar-refractivity contribution in [3.05, 3.63) is 4.91 Å². The molecule has 1 aliphatic rings. The summed E-state index contributed by atoms with van der Waals surface area (Å²) in [7, 11) is 0. The van der Waals surface area contributed by atoms with Gasteiger partial charge in [0, 0.05) is 12.3 Å². The Bertz CT molecular complexity index is 349. The van der Waals surface area contributed by atoms with Gasteiger partial charge in [-0.05, 0) is 17.9 Å². The molecule has 1 heterocycles. The molecule has 1 fully saturated rings. The first-order valence-corrected chi connectivity index (χ1v) is 6.18. The van der Waals surface area contributed by atoms with Crippen LogP contribution < -0.4 is 0 Å².